The topological polar surface area (TPSA) is 29.9 Å². The van der Waals surface area contributed by atoms with Crippen LogP contribution in [0.15, 0.2) is 54.9 Å². The number of aromatic nitrogens is 2. The van der Waals surface area contributed by atoms with Crippen molar-refractivity contribution in [1.82, 2.24) is 9.55 Å². The van der Waals surface area contributed by atoms with Gasteiger partial charge in [0.05, 0.1) is 0 Å². The minimum Gasteiger partial charge on any atom is -0.325 e. The Balaban J connectivity index is 1.71. The molecule has 1 heterocycles. The van der Waals surface area contributed by atoms with Crippen molar-refractivity contribution in [3.63, 3.8) is 0 Å². The summed E-state index contributed by atoms with van der Waals surface area (Å²) in [6.45, 7) is 0. The molecule has 0 unspecified atom stereocenters. The molecule has 0 amide bonds. The fraction of sp³-hybridized carbons (Fsp3) is 0.278. The minimum atomic E-state index is 0.602. The highest BCUT2D eigenvalue weighted by Crippen LogP contribution is 2.33. The van der Waals surface area contributed by atoms with Crippen molar-refractivity contribution in [2.24, 2.45) is 0 Å². The molecule has 1 aliphatic rings. The maximum Gasteiger partial charge on any atom is 0.207 e. The molecule has 3 heteroatoms. The van der Waals surface area contributed by atoms with Gasteiger partial charge in [0.25, 0.3) is 0 Å². The number of imidazole rings is 1. The quantitative estimate of drug-likeness (QED) is 0.738. The summed E-state index contributed by atoms with van der Waals surface area (Å²) in [5.41, 5.74) is 1.12. The van der Waals surface area contributed by atoms with Gasteiger partial charge >= 0.3 is 0 Å². The summed E-state index contributed by atoms with van der Waals surface area (Å²) in [6, 6.07) is 15.4. The molecular formula is C18H19N3. The number of hydrogen-bond donors (Lipinski definition) is 1. The van der Waals surface area contributed by atoms with Gasteiger partial charge in [0.2, 0.25) is 5.95 Å². The van der Waals surface area contributed by atoms with Crippen LogP contribution in [-0.4, -0.2) is 9.55 Å². The van der Waals surface area contributed by atoms with Crippen LogP contribution in [0.4, 0.5) is 11.6 Å². The molecule has 106 valence electrons. The van der Waals surface area contributed by atoms with Crippen LogP contribution in [-0.2, 0) is 0 Å². The Morgan fingerprint density at radius 1 is 1.00 bits per heavy atom. The van der Waals surface area contributed by atoms with E-state index < -0.39 is 0 Å². The summed E-state index contributed by atoms with van der Waals surface area (Å²) in [6.07, 6.45) is 9.18. The summed E-state index contributed by atoms with van der Waals surface area (Å²) in [4.78, 5) is 4.51. The number of nitrogens with zero attached hydrogens (tertiary/aromatic N) is 2. The molecule has 1 N–H and O–H groups in total. The Morgan fingerprint density at radius 2 is 1.81 bits per heavy atom. The summed E-state index contributed by atoms with van der Waals surface area (Å²) in [5.74, 6) is 0.957. The Kier molecular flexibility index (Phi) is 3.11. The fourth-order valence-corrected chi connectivity index (χ4v) is 3.34. The lowest BCUT2D eigenvalue weighted by atomic mass is 10.1. The van der Waals surface area contributed by atoms with Gasteiger partial charge in [0, 0.05) is 29.5 Å². The van der Waals surface area contributed by atoms with Gasteiger partial charge in [-0.05, 0) is 24.3 Å². The van der Waals surface area contributed by atoms with Gasteiger partial charge in [-0.3, -0.25) is 0 Å². The number of fused-ring (bicyclic) bond motifs is 1. The number of hydrogen-bond acceptors (Lipinski definition) is 2. The van der Waals surface area contributed by atoms with Gasteiger partial charge in [0.15, 0.2) is 0 Å². The maximum absolute atomic E-state index is 4.51. The normalized spacial score (nSPS) is 15.6. The van der Waals surface area contributed by atoms with E-state index in [1.807, 2.05) is 6.20 Å². The van der Waals surface area contributed by atoms with Crippen LogP contribution in [0.1, 0.15) is 31.7 Å². The highest BCUT2D eigenvalue weighted by Gasteiger charge is 2.19. The lowest BCUT2D eigenvalue weighted by Crippen LogP contribution is -2.08. The Morgan fingerprint density at radius 3 is 2.71 bits per heavy atom. The van der Waals surface area contributed by atoms with Crippen LogP contribution in [0.5, 0.6) is 0 Å². The number of anilines is 2. The molecule has 21 heavy (non-hydrogen) atoms. The third-order valence-electron chi connectivity index (χ3n) is 4.42. The van der Waals surface area contributed by atoms with E-state index in [9.17, 15) is 0 Å². The molecule has 3 nitrogen and oxygen atoms in total. The zero-order chi connectivity index (χ0) is 14.1. The van der Waals surface area contributed by atoms with E-state index in [-0.39, 0.29) is 0 Å². The van der Waals surface area contributed by atoms with Crippen molar-refractivity contribution < 1.29 is 0 Å². The highest BCUT2D eigenvalue weighted by atomic mass is 15.2. The van der Waals surface area contributed by atoms with E-state index in [1.165, 1.54) is 36.5 Å². The molecule has 0 saturated heterocycles. The van der Waals surface area contributed by atoms with Crippen LogP contribution in [0, 0.1) is 0 Å². The molecule has 1 aromatic heterocycles. The van der Waals surface area contributed by atoms with Crippen LogP contribution >= 0.6 is 0 Å². The summed E-state index contributed by atoms with van der Waals surface area (Å²) < 4.78 is 2.30. The largest absolute Gasteiger partial charge is 0.325 e. The Labute approximate surface area is 124 Å². The van der Waals surface area contributed by atoms with Crippen molar-refractivity contribution in [2.75, 3.05) is 5.32 Å². The Bertz CT molecular complexity index is 749. The second-order valence-electron chi connectivity index (χ2n) is 5.75. The number of benzene rings is 2. The molecule has 0 radical (unpaired) electrons. The minimum absolute atomic E-state index is 0.602. The van der Waals surface area contributed by atoms with E-state index >= 15 is 0 Å². The molecule has 1 saturated carbocycles. The first kappa shape index (κ1) is 12.5. The molecule has 1 fully saturated rings. The van der Waals surface area contributed by atoms with E-state index in [4.69, 9.17) is 0 Å². The average Bonchev–Trinajstić information content (AvgIpc) is 3.18. The summed E-state index contributed by atoms with van der Waals surface area (Å²) in [7, 11) is 0. The van der Waals surface area contributed by atoms with E-state index in [1.54, 1.807) is 0 Å². The first-order valence-corrected chi connectivity index (χ1v) is 7.69. The van der Waals surface area contributed by atoms with E-state index in [0.29, 0.717) is 6.04 Å². The lowest BCUT2D eigenvalue weighted by molar-refractivity contribution is 0.525. The molecule has 0 bridgehead atoms. The summed E-state index contributed by atoms with van der Waals surface area (Å²) in [5, 5.41) is 6.01. The third-order valence-corrected chi connectivity index (χ3v) is 4.42. The first-order valence-electron chi connectivity index (χ1n) is 7.69. The molecule has 3 aromatic rings. The van der Waals surface area contributed by atoms with Crippen LogP contribution < -0.4 is 5.32 Å². The second-order valence-corrected chi connectivity index (χ2v) is 5.75. The highest BCUT2D eigenvalue weighted by molar-refractivity contribution is 5.94. The van der Waals surface area contributed by atoms with Crippen LogP contribution in [0.25, 0.3) is 10.8 Å². The van der Waals surface area contributed by atoms with Crippen molar-refractivity contribution in [2.45, 2.75) is 31.7 Å². The van der Waals surface area contributed by atoms with Crippen LogP contribution in [0.2, 0.25) is 0 Å². The SMILES string of the molecule is c1ccc2c(Nc3nccn3C3CCCC3)cccc2c1. The Hall–Kier alpha value is -2.29. The predicted octanol–water partition coefficient (Wildman–Crippen LogP) is 4.90. The van der Waals surface area contributed by atoms with E-state index in [0.717, 1.165) is 11.6 Å². The molecule has 1 aliphatic carbocycles. The van der Waals surface area contributed by atoms with Crippen molar-refractivity contribution in [3.8, 4) is 0 Å². The van der Waals surface area contributed by atoms with Gasteiger partial charge in [-0.2, -0.15) is 0 Å². The average molecular weight is 277 g/mol. The maximum atomic E-state index is 4.51. The van der Waals surface area contributed by atoms with Crippen LogP contribution in [0.3, 0.4) is 0 Å². The van der Waals surface area contributed by atoms with Gasteiger partial charge in [-0.1, -0.05) is 49.2 Å². The van der Waals surface area contributed by atoms with Gasteiger partial charge in [0.1, 0.15) is 0 Å². The van der Waals surface area contributed by atoms with Crippen molar-refractivity contribution in [1.29, 1.82) is 0 Å². The second kappa shape index (κ2) is 5.24. The zero-order valence-electron chi connectivity index (χ0n) is 12.0. The third kappa shape index (κ3) is 2.29. The fourth-order valence-electron chi connectivity index (χ4n) is 3.34. The molecule has 0 aliphatic heterocycles. The predicted molar refractivity (Wildman–Crippen MR) is 87.0 cm³/mol. The van der Waals surface area contributed by atoms with Gasteiger partial charge < -0.3 is 9.88 Å². The molecular weight excluding hydrogens is 258 g/mol. The van der Waals surface area contributed by atoms with Gasteiger partial charge in [-0.15, -0.1) is 0 Å². The first-order chi connectivity index (χ1) is 10.4. The standard InChI is InChI=1S/C18H19N3/c1-4-10-16-14(6-1)7-5-11-17(16)20-18-19-12-13-21(18)15-8-2-3-9-15/h1,4-7,10-13,15H,2-3,8-9H2,(H,19,20). The van der Waals surface area contributed by atoms with Crippen molar-refractivity contribution >= 4 is 22.4 Å². The monoisotopic (exact) mass is 277 g/mol. The summed E-state index contributed by atoms with van der Waals surface area (Å²) >= 11 is 0. The zero-order valence-corrected chi connectivity index (χ0v) is 12.0. The molecule has 4 rings (SSSR count). The number of nitrogens with one attached hydrogen (secondary N) is 1. The van der Waals surface area contributed by atoms with Gasteiger partial charge in [-0.25, -0.2) is 4.98 Å². The smallest absolute Gasteiger partial charge is 0.207 e. The molecule has 2 aromatic carbocycles. The molecule has 0 spiro atoms. The lowest BCUT2D eigenvalue weighted by Gasteiger charge is -2.16. The van der Waals surface area contributed by atoms with Crippen molar-refractivity contribution in [3.05, 3.63) is 54.9 Å². The van der Waals surface area contributed by atoms with E-state index in [2.05, 4.69) is 63.5 Å². The molecule has 0 atom stereocenters. The number of rotatable bonds is 3.